The molecule has 1 aliphatic rings. The van der Waals surface area contributed by atoms with Crippen LogP contribution in [-0.2, 0) is 17.8 Å². The molecule has 0 fully saturated rings. The van der Waals surface area contributed by atoms with Crippen molar-refractivity contribution in [1.29, 1.82) is 0 Å². The van der Waals surface area contributed by atoms with Crippen LogP contribution in [0.25, 0.3) is 0 Å². The van der Waals surface area contributed by atoms with E-state index in [9.17, 15) is 9.18 Å². The number of carbonyl (C=O) groups is 1. The van der Waals surface area contributed by atoms with Crippen molar-refractivity contribution in [2.45, 2.75) is 31.8 Å². The molecule has 0 heterocycles. The molecule has 1 atom stereocenters. The maximum Gasteiger partial charge on any atom is 0.234 e. The Labute approximate surface area is 142 Å². The Morgan fingerprint density at radius 3 is 2.75 bits per heavy atom. The van der Waals surface area contributed by atoms with Crippen LogP contribution in [0.2, 0.25) is 0 Å². The molecule has 0 aromatic heterocycles. The predicted molar refractivity (Wildman–Crippen MR) is 93.0 cm³/mol. The Morgan fingerprint density at radius 1 is 1.21 bits per heavy atom. The van der Waals surface area contributed by atoms with Gasteiger partial charge in [-0.05, 0) is 55.1 Å². The number of aryl methyl sites for hydroxylation is 1. The molecule has 0 aliphatic heterocycles. The number of hydrogen-bond donors (Lipinski definition) is 1. The van der Waals surface area contributed by atoms with E-state index >= 15 is 0 Å². The lowest BCUT2D eigenvalue weighted by Gasteiger charge is -2.32. The third-order valence-corrected chi connectivity index (χ3v) is 4.67. The first-order valence-electron chi connectivity index (χ1n) is 8.42. The Balaban J connectivity index is 1.56. The SMILES string of the molecule is CN(CC(=O)NCc1ccc(F)cc1)[C@@H]1CCCc2ccccc21. The van der Waals surface area contributed by atoms with Crippen LogP contribution in [0.3, 0.4) is 0 Å². The fraction of sp³-hybridized carbons (Fsp3) is 0.350. The molecule has 0 saturated carbocycles. The smallest absolute Gasteiger partial charge is 0.234 e. The van der Waals surface area contributed by atoms with Gasteiger partial charge in [0.1, 0.15) is 5.82 Å². The molecule has 3 nitrogen and oxygen atoms in total. The molecule has 2 aromatic carbocycles. The van der Waals surface area contributed by atoms with Crippen LogP contribution < -0.4 is 5.32 Å². The summed E-state index contributed by atoms with van der Waals surface area (Å²) in [5.41, 5.74) is 3.64. The van der Waals surface area contributed by atoms with Crippen molar-refractivity contribution in [1.82, 2.24) is 10.2 Å². The summed E-state index contributed by atoms with van der Waals surface area (Å²) in [4.78, 5) is 14.3. The molecule has 0 unspecified atom stereocenters. The number of amides is 1. The van der Waals surface area contributed by atoms with E-state index in [1.54, 1.807) is 12.1 Å². The van der Waals surface area contributed by atoms with Gasteiger partial charge >= 0.3 is 0 Å². The molecule has 0 spiro atoms. The van der Waals surface area contributed by atoms with Gasteiger partial charge in [-0.1, -0.05) is 36.4 Å². The number of nitrogens with zero attached hydrogens (tertiary/aromatic N) is 1. The number of benzene rings is 2. The molecule has 4 heteroatoms. The van der Waals surface area contributed by atoms with Gasteiger partial charge < -0.3 is 5.32 Å². The van der Waals surface area contributed by atoms with Crippen molar-refractivity contribution in [3.63, 3.8) is 0 Å². The molecule has 0 saturated heterocycles. The third-order valence-electron chi connectivity index (χ3n) is 4.67. The van der Waals surface area contributed by atoms with Gasteiger partial charge in [-0.3, -0.25) is 9.69 Å². The summed E-state index contributed by atoms with van der Waals surface area (Å²) in [6.07, 6.45) is 3.36. The molecule has 0 radical (unpaired) electrons. The van der Waals surface area contributed by atoms with Crippen molar-refractivity contribution in [3.8, 4) is 0 Å². The summed E-state index contributed by atoms with van der Waals surface area (Å²) < 4.78 is 12.9. The Morgan fingerprint density at radius 2 is 1.96 bits per heavy atom. The monoisotopic (exact) mass is 326 g/mol. The molecule has 2 aromatic rings. The summed E-state index contributed by atoms with van der Waals surface area (Å²) >= 11 is 0. The number of nitrogens with one attached hydrogen (secondary N) is 1. The number of carbonyl (C=O) groups excluding carboxylic acids is 1. The number of likely N-dealkylation sites (N-methyl/N-ethyl adjacent to an activating group) is 1. The minimum Gasteiger partial charge on any atom is -0.351 e. The number of fused-ring (bicyclic) bond motifs is 1. The van der Waals surface area contributed by atoms with E-state index in [4.69, 9.17) is 0 Å². The lowest BCUT2D eigenvalue weighted by molar-refractivity contribution is -0.122. The molecule has 0 bridgehead atoms. The van der Waals surface area contributed by atoms with Crippen molar-refractivity contribution >= 4 is 5.91 Å². The molecular formula is C20H23FN2O. The van der Waals surface area contributed by atoms with E-state index in [1.165, 1.54) is 23.3 Å². The molecular weight excluding hydrogens is 303 g/mol. The van der Waals surface area contributed by atoms with Crippen molar-refractivity contribution in [2.24, 2.45) is 0 Å². The van der Waals surface area contributed by atoms with Gasteiger partial charge in [-0.15, -0.1) is 0 Å². The molecule has 24 heavy (non-hydrogen) atoms. The van der Waals surface area contributed by atoms with Crippen LogP contribution >= 0.6 is 0 Å². The summed E-state index contributed by atoms with van der Waals surface area (Å²) in [6.45, 7) is 0.786. The maximum atomic E-state index is 12.9. The topological polar surface area (TPSA) is 32.3 Å². The normalized spacial score (nSPS) is 16.7. The van der Waals surface area contributed by atoms with Gasteiger partial charge in [0, 0.05) is 12.6 Å². The van der Waals surface area contributed by atoms with Crippen LogP contribution in [0.4, 0.5) is 4.39 Å². The van der Waals surface area contributed by atoms with E-state index in [1.807, 2.05) is 7.05 Å². The van der Waals surface area contributed by atoms with E-state index in [0.29, 0.717) is 19.1 Å². The van der Waals surface area contributed by atoms with Gasteiger partial charge in [0.15, 0.2) is 0 Å². The van der Waals surface area contributed by atoms with Gasteiger partial charge in [-0.25, -0.2) is 4.39 Å². The standard InChI is InChI=1S/C20H23FN2O/c1-23(19-8-4-6-16-5-2-3-7-18(16)19)14-20(24)22-13-15-9-11-17(21)12-10-15/h2-3,5,7,9-12,19H,4,6,8,13-14H2,1H3,(H,22,24)/t19-/m1/s1. The zero-order valence-electron chi connectivity index (χ0n) is 14.0. The largest absolute Gasteiger partial charge is 0.351 e. The van der Waals surface area contributed by atoms with Crippen molar-refractivity contribution < 1.29 is 9.18 Å². The fourth-order valence-corrected chi connectivity index (χ4v) is 3.38. The molecule has 1 aliphatic carbocycles. The minimum atomic E-state index is -0.263. The van der Waals surface area contributed by atoms with Crippen LogP contribution in [0, 0.1) is 5.82 Å². The third kappa shape index (κ3) is 4.01. The van der Waals surface area contributed by atoms with E-state index in [-0.39, 0.29) is 11.7 Å². The first-order chi connectivity index (χ1) is 11.6. The molecule has 1 N–H and O–H groups in total. The summed E-state index contributed by atoms with van der Waals surface area (Å²) in [5, 5.41) is 2.91. The highest BCUT2D eigenvalue weighted by atomic mass is 19.1. The van der Waals surface area contributed by atoms with Gasteiger partial charge in [0.05, 0.1) is 6.54 Å². The summed E-state index contributed by atoms with van der Waals surface area (Å²) in [6, 6.07) is 15.0. The van der Waals surface area contributed by atoms with Gasteiger partial charge in [0.25, 0.3) is 0 Å². The first kappa shape index (κ1) is 16.7. The highest BCUT2D eigenvalue weighted by Gasteiger charge is 2.24. The average molecular weight is 326 g/mol. The summed E-state index contributed by atoms with van der Waals surface area (Å²) in [5.74, 6) is -0.273. The van der Waals surface area contributed by atoms with Crippen molar-refractivity contribution in [3.05, 3.63) is 71.0 Å². The first-order valence-corrected chi connectivity index (χ1v) is 8.42. The minimum absolute atomic E-state index is 0.00937. The number of hydrogen-bond acceptors (Lipinski definition) is 2. The lowest BCUT2D eigenvalue weighted by Crippen LogP contribution is -2.37. The second kappa shape index (κ2) is 7.58. The van der Waals surface area contributed by atoms with Crippen LogP contribution in [0.1, 0.15) is 35.6 Å². The quantitative estimate of drug-likeness (QED) is 0.913. The predicted octanol–water partition coefficient (Wildman–Crippen LogP) is 3.45. The average Bonchev–Trinajstić information content (AvgIpc) is 2.60. The Kier molecular flexibility index (Phi) is 5.26. The number of halogens is 1. The van der Waals surface area contributed by atoms with Crippen LogP contribution in [0.5, 0.6) is 0 Å². The van der Waals surface area contributed by atoms with Crippen LogP contribution in [0.15, 0.2) is 48.5 Å². The molecule has 126 valence electrons. The highest BCUT2D eigenvalue weighted by Crippen LogP contribution is 2.33. The fourth-order valence-electron chi connectivity index (χ4n) is 3.38. The maximum absolute atomic E-state index is 12.9. The van der Waals surface area contributed by atoms with E-state index in [0.717, 1.165) is 24.8 Å². The van der Waals surface area contributed by atoms with Gasteiger partial charge in [-0.2, -0.15) is 0 Å². The van der Waals surface area contributed by atoms with Gasteiger partial charge in [0.2, 0.25) is 5.91 Å². The van der Waals surface area contributed by atoms with E-state index < -0.39 is 0 Å². The second-order valence-corrected chi connectivity index (χ2v) is 6.43. The number of rotatable bonds is 5. The van der Waals surface area contributed by atoms with Crippen molar-refractivity contribution in [2.75, 3.05) is 13.6 Å². The van der Waals surface area contributed by atoms with E-state index in [2.05, 4.69) is 34.5 Å². The molecule has 1 amide bonds. The second-order valence-electron chi connectivity index (χ2n) is 6.43. The lowest BCUT2D eigenvalue weighted by atomic mass is 9.87. The zero-order valence-corrected chi connectivity index (χ0v) is 14.0. The van der Waals surface area contributed by atoms with Crippen LogP contribution in [-0.4, -0.2) is 24.4 Å². The zero-order chi connectivity index (χ0) is 16.9. The summed E-state index contributed by atoms with van der Waals surface area (Å²) in [7, 11) is 2.00. The Hall–Kier alpha value is -2.20. The Bertz CT molecular complexity index is 699. The highest BCUT2D eigenvalue weighted by molar-refractivity contribution is 5.78. The molecule has 3 rings (SSSR count).